The van der Waals surface area contributed by atoms with Gasteiger partial charge in [0, 0.05) is 12.0 Å². The molecule has 98 valence electrons. The van der Waals surface area contributed by atoms with Crippen LogP contribution in [0, 0.1) is 0 Å². The number of rotatable bonds is 3. The second kappa shape index (κ2) is 5.18. The van der Waals surface area contributed by atoms with Gasteiger partial charge in [-0.3, -0.25) is 0 Å². The highest BCUT2D eigenvalue weighted by Gasteiger charge is 2.35. The summed E-state index contributed by atoms with van der Waals surface area (Å²) >= 11 is 0. The first-order valence-corrected chi connectivity index (χ1v) is 7.16. The van der Waals surface area contributed by atoms with Crippen LogP contribution in [-0.2, 0) is 18.3 Å². The first kappa shape index (κ1) is 12.4. The highest BCUT2D eigenvalue weighted by Crippen LogP contribution is 2.39. The van der Waals surface area contributed by atoms with Gasteiger partial charge in [0.1, 0.15) is 0 Å². The van der Waals surface area contributed by atoms with E-state index in [1.165, 1.54) is 36.0 Å². The van der Waals surface area contributed by atoms with Gasteiger partial charge in [-0.2, -0.15) is 0 Å². The maximum absolute atomic E-state index is 6.20. The van der Waals surface area contributed by atoms with E-state index in [1.807, 2.05) is 0 Å². The van der Waals surface area contributed by atoms with E-state index in [-0.39, 0.29) is 5.41 Å². The Labute approximate surface area is 115 Å². The minimum Gasteiger partial charge on any atom is -0.330 e. The number of benzene rings is 2. The highest BCUT2D eigenvalue weighted by atomic mass is 14.6. The molecule has 0 fully saturated rings. The molecule has 0 bridgehead atoms. The molecule has 2 aromatic rings. The third-order valence-electron chi connectivity index (χ3n) is 4.47. The molecule has 0 saturated heterocycles. The smallest absolute Gasteiger partial charge is 0.0119 e. The van der Waals surface area contributed by atoms with Gasteiger partial charge >= 0.3 is 0 Å². The van der Waals surface area contributed by atoms with Gasteiger partial charge < -0.3 is 5.73 Å². The summed E-state index contributed by atoms with van der Waals surface area (Å²) in [7, 11) is 0. The zero-order chi connectivity index (χ0) is 13.1. The van der Waals surface area contributed by atoms with Gasteiger partial charge in [-0.1, -0.05) is 54.6 Å². The molecule has 1 atom stereocenters. The summed E-state index contributed by atoms with van der Waals surface area (Å²) < 4.78 is 0. The molecule has 1 unspecified atom stereocenters. The van der Waals surface area contributed by atoms with Crippen molar-refractivity contribution in [2.24, 2.45) is 5.73 Å². The van der Waals surface area contributed by atoms with Crippen molar-refractivity contribution in [2.75, 3.05) is 6.54 Å². The molecule has 3 rings (SSSR count). The molecule has 1 aliphatic rings. The van der Waals surface area contributed by atoms with Crippen LogP contribution in [0.2, 0.25) is 0 Å². The fourth-order valence-corrected chi connectivity index (χ4v) is 3.46. The predicted molar refractivity (Wildman–Crippen MR) is 80.3 cm³/mol. The van der Waals surface area contributed by atoms with Gasteiger partial charge in [-0.05, 0) is 42.4 Å². The summed E-state index contributed by atoms with van der Waals surface area (Å²) in [6, 6.07) is 19.6. The monoisotopic (exact) mass is 251 g/mol. The average molecular weight is 251 g/mol. The second-order valence-corrected chi connectivity index (χ2v) is 5.66. The minimum atomic E-state index is 0.135. The minimum absolute atomic E-state index is 0.135. The number of aryl methyl sites for hydroxylation is 1. The Morgan fingerprint density at radius 2 is 1.68 bits per heavy atom. The van der Waals surface area contributed by atoms with Gasteiger partial charge in [-0.25, -0.2) is 0 Å². The predicted octanol–water partition coefficient (Wildman–Crippen LogP) is 3.46. The summed E-state index contributed by atoms with van der Waals surface area (Å²) in [4.78, 5) is 0. The Balaban J connectivity index is 2.00. The SMILES string of the molecule is NCC1(Cc2ccccc2)CCCc2ccccc21. The van der Waals surface area contributed by atoms with Crippen LogP contribution in [-0.4, -0.2) is 6.54 Å². The lowest BCUT2D eigenvalue weighted by Gasteiger charge is -2.38. The van der Waals surface area contributed by atoms with Crippen molar-refractivity contribution < 1.29 is 0 Å². The molecular formula is C18H21N. The molecule has 2 N–H and O–H groups in total. The van der Waals surface area contributed by atoms with Crippen molar-refractivity contribution in [3.05, 3.63) is 71.3 Å². The van der Waals surface area contributed by atoms with E-state index in [4.69, 9.17) is 5.73 Å². The van der Waals surface area contributed by atoms with Crippen molar-refractivity contribution in [1.82, 2.24) is 0 Å². The van der Waals surface area contributed by atoms with Gasteiger partial charge in [0.05, 0.1) is 0 Å². The summed E-state index contributed by atoms with van der Waals surface area (Å²) in [5.74, 6) is 0. The van der Waals surface area contributed by atoms with Crippen LogP contribution < -0.4 is 5.73 Å². The van der Waals surface area contributed by atoms with Crippen molar-refractivity contribution in [3.8, 4) is 0 Å². The van der Waals surface area contributed by atoms with Crippen molar-refractivity contribution in [2.45, 2.75) is 31.1 Å². The molecule has 19 heavy (non-hydrogen) atoms. The quantitative estimate of drug-likeness (QED) is 0.888. The third kappa shape index (κ3) is 2.31. The van der Waals surface area contributed by atoms with Crippen molar-refractivity contribution in [1.29, 1.82) is 0 Å². The van der Waals surface area contributed by atoms with Gasteiger partial charge in [0.25, 0.3) is 0 Å². The van der Waals surface area contributed by atoms with E-state index < -0.39 is 0 Å². The van der Waals surface area contributed by atoms with Crippen LogP contribution in [0.1, 0.15) is 29.5 Å². The molecule has 1 aliphatic carbocycles. The van der Waals surface area contributed by atoms with Crippen LogP contribution in [0.4, 0.5) is 0 Å². The Morgan fingerprint density at radius 1 is 0.947 bits per heavy atom. The van der Waals surface area contributed by atoms with Gasteiger partial charge in [0.2, 0.25) is 0 Å². The number of fused-ring (bicyclic) bond motifs is 1. The molecule has 1 nitrogen and oxygen atoms in total. The van der Waals surface area contributed by atoms with E-state index in [1.54, 1.807) is 0 Å². The topological polar surface area (TPSA) is 26.0 Å². The molecule has 1 heteroatoms. The molecule has 0 amide bonds. The number of nitrogens with two attached hydrogens (primary N) is 1. The maximum Gasteiger partial charge on any atom is 0.0119 e. The van der Waals surface area contributed by atoms with Crippen LogP contribution >= 0.6 is 0 Å². The van der Waals surface area contributed by atoms with Crippen molar-refractivity contribution >= 4 is 0 Å². The van der Waals surface area contributed by atoms with Crippen LogP contribution in [0.25, 0.3) is 0 Å². The first-order valence-electron chi connectivity index (χ1n) is 7.16. The third-order valence-corrected chi connectivity index (χ3v) is 4.47. The zero-order valence-corrected chi connectivity index (χ0v) is 11.3. The number of hydrogen-bond acceptors (Lipinski definition) is 1. The van der Waals surface area contributed by atoms with Crippen molar-refractivity contribution in [3.63, 3.8) is 0 Å². The van der Waals surface area contributed by atoms with E-state index in [9.17, 15) is 0 Å². The second-order valence-electron chi connectivity index (χ2n) is 5.66. The van der Waals surface area contributed by atoms with E-state index in [0.717, 1.165) is 13.0 Å². The highest BCUT2D eigenvalue weighted by molar-refractivity contribution is 5.39. The summed E-state index contributed by atoms with van der Waals surface area (Å²) in [6.07, 6.45) is 4.71. The van der Waals surface area contributed by atoms with Gasteiger partial charge in [-0.15, -0.1) is 0 Å². The molecule has 0 heterocycles. The van der Waals surface area contributed by atoms with Crippen LogP contribution in [0.3, 0.4) is 0 Å². The molecule has 0 spiro atoms. The lowest BCUT2D eigenvalue weighted by molar-refractivity contribution is 0.366. The number of hydrogen-bond donors (Lipinski definition) is 1. The fourth-order valence-electron chi connectivity index (χ4n) is 3.46. The van der Waals surface area contributed by atoms with Crippen LogP contribution in [0.5, 0.6) is 0 Å². The molecular weight excluding hydrogens is 230 g/mol. The average Bonchev–Trinajstić information content (AvgIpc) is 2.49. The Bertz CT molecular complexity index is 547. The Morgan fingerprint density at radius 3 is 2.47 bits per heavy atom. The summed E-state index contributed by atoms with van der Waals surface area (Å²) in [6.45, 7) is 0.735. The van der Waals surface area contributed by atoms with Crippen LogP contribution in [0.15, 0.2) is 54.6 Å². The lowest BCUT2D eigenvalue weighted by Crippen LogP contribution is -2.40. The first-order chi connectivity index (χ1) is 9.34. The molecule has 0 saturated carbocycles. The lowest BCUT2D eigenvalue weighted by atomic mass is 9.67. The summed E-state index contributed by atoms with van der Waals surface area (Å²) in [5, 5.41) is 0. The Kier molecular flexibility index (Phi) is 3.39. The standard InChI is InChI=1S/C18H21N/c19-14-18(13-15-7-2-1-3-8-15)12-6-10-16-9-4-5-11-17(16)18/h1-5,7-9,11H,6,10,12-14,19H2. The normalized spacial score (nSPS) is 21.9. The van der Waals surface area contributed by atoms with E-state index >= 15 is 0 Å². The van der Waals surface area contributed by atoms with Gasteiger partial charge in [0.15, 0.2) is 0 Å². The fraction of sp³-hybridized carbons (Fsp3) is 0.333. The molecule has 0 aliphatic heterocycles. The Hall–Kier alpha value is -1.60. The molecule has 0 radical (unpaired) electrons. The maximum atomic E-state index is 6.20. The largest absolute Gasteiger partial charge is 0.330 e. The zero-order valence-electron chi connectivity index (χ0n) is 11.3. The summed E-state index contributed by atoms with van der Waals surface area (Å²) in [5.41, 5.74) is 10.7. The van der Waals surface area contributed by atoms with E-state index in [2.05, 4.69) is 54.6 Å². The molecule has 2 aromatic carbocycles. The van der Waals surface area contributed by atoms with E-state index in [0.29, 0.717) is 0 Å². The molecule has 0 aromatic heterocycles.